The lowest BCUT2D eigenvalue weighted by Crippen LogP contribution is -2.11. The van der Waals surface area contributed by atoms with Crippen molar-refractivity contribution in [3.8, 4) is 0 Å². The average molecular weight is 126 g/mol. The van der Waals surface area contributed by atoms with Gasteiger partial charge in [-0.2, -0.15) is 0 Å². The summed E-state index contributed by atoms with van der Waals surface area (Å²) in [6.45, 7) is 0. The van der Waals surface area contributed by atoms with Gasteiger partial charge >= 0.3 is 0 Å². The van der Waals surface area contributed by atoms with Crippen molar-refractivity contribution in [2.45, 2.75) is 6.23 Å². The zero-order chi connectivity index (χ0) is 6.69. The van der Waals surface area contributed by atoms with Crippen LogP contribution in [0, 0.1) is 0 Å². The molecule has 1 aromatic rings. The van der Waals surface area contributed by atoms with Gasteiger partial charge in [-0.3, -0.25) is 0 Å². The van der Waals surface area contributed by atoms with Gasteiger partial charge in [0.1, 0.15) is 6.23 Å². The number of aromatic amines is 1. The largest absolute Gasteiger partial charge is 0.362 e. The van der Waals surface area contributed by atoms with Crippen molar-refractivity contribution in [2.75, 3.05) is 7.11 Å². The van der Waals surface area contributed by atoms with Gasteiger partial charge in [0.05, 0.1) is 5.69 Å². The van der Waals surface area contributed by atoms with Gasteiger partial charge in [-0.25, -0.2) is 0 Å². The first kappa shape index (κ1) is 6.32. The SMILES string of the molecule is COC(N)c1ccc[nH]1. The van der Waals surface area contributed by atoms with Gasteiger partial charge in [0.25, 0.3) is 0 Å². The number of hydrogen-bond donors (Lipinski definition) is 2. The Morgan fingerprint density at radius 3 is 3.00 bits per heavy atom. The van der Waals surface area contributed by atoms with Crippen LogP contribution in [0.5, 0.6) is 0 Å². The molecule has 0 fully saturated rings. The molecule has 0 amide bonds. The fraction of sp³-hybridized carbons (Fsp3) is 0.333. The summed E-state index contributed by atoms with van der Waals surface area (Å²) >= 11 is 0. The predicted octanol–water partition coefficient (Wildman–Crippen LogP) is 0.618. The van der Waals surface area contributed by atoms with E-state index in [1.807, 2.05) is 18.3 Å². The van der Waals surface area contributed by atoms with Gasteiger partial charge in [-0.15, -0.1) is 0 Å². The van der Waals surface area contributed by atoms with Gasteiger partial charge in [-0.05, 0) is 12.1 Å². The second-order valence-electron chi connectivity index (χ2n) is 1.78. The molecular formula is C6H10N2O. The molecule has 0 aromatic carbocycles. The standard InChI is InChI=1S/C6H10N2O/c1-9-6(7)5-3-2-4-8-5/h2-4,6,8H,7H2,1H3. The Labute approximate surface area is 53.8 Å². The first-order valence-electron chi connectivity index (χ1n) is 2.76. The first-order chi connectivity index (χ1) is 4.34. The highest BCUT2D eigenvalue weighted by molar-refractivity contribution is 5.05. The van der Waals surface area contributed by atoms with Crippen LogP contribution in [0.1, 0.15) is 11.9 Å². The maximum Gasteiger partial charge on any atom is 0.146 e. The van der Waals surface area contributed by atoms with Crippen molar-refractivity contribution in [1.29, 1.82) is 0 Å². The van der Waals surface area contributed by atoms with E-state index >= 15 is 0 Å². The number of H-pyrrole nitrogens is 1. The van der Waals surface area contributed by atoms with Crippen molar-refractivity contribution in [2.24, 2.45) is 5.73 Å². The molecule has 0 aliphatic heterocycles. The number of rotatable bonds is 2. The van der Waals surface area contributed by atoms with Crippen LogP contribution in [0.3, 0.4) is 0 Å². The molecule has 0 spiro atoms. The summed E-state index contributed by atoms with van der Waals surface area (Å²) in [5.41, 5.74) is 6.39. The highest BCUT2D eigenvalue weighted by atomic mass is 16.5. The van der Waals surface area contributed by atoms with Gasteiger partial charge in [0.15, 0.2) is 0 Å². The molecule has 1 unspecified atom stereocenters. The molecule has 0 saturated heterocycles. The summed E-state index contributed by atoms with van der Waals surface area (Å²) in [4.78, 5) is 2.94. The van der Waals surface area contributed by atoms with E-state index in [9.17, 15) is 0 Å². The van der Waals surface area contributed by atoms with E-state index in [2.05, 4.69) is 4.98 Å². The molecule has 0 aliphatic rings. The topological polar surface area (TPSA) is 51.0 Å². The molecule has 0 radical (unpaired) electrons. The van der Waals surface area contributed by atoms with E-state index in [1.165, 1.54) is 0 Å². The zero-order valence-corrected chi connectivity index (χ0v) is 5.29. The van der Waals surface area contributed by atoms with Crippen LogP contribution in [0.4, 0.5) is 0 Å². The Balaban J connectivity index is 2.65. The number of nitrogens with two attached hydrogens (primary N) is 1. The number of ether oxygens (including phenoxy) is 1. The molecule has 0 aliphatic carbocycles. The van der Waals surface area contributed by atoms with Crippen LogP contribution in [0.25, 0.3) is 0 Å². The lowest BCUT2D eigenvalue weighted by Gasteiger charge is -2.04. The minimum absolute atomic E-state index is 0.319. The Morgan fingerprint density at radius 1 is 1.78 bits per heavy atom. The molecule has 3 N–H and O–H groups in total. The summed E-state index contributed by atoms with van der Waals surface area (Å²) in [7, 11) is 1.57. The summed E-state index contributed by atoms with van der Waals surface area (Å²) in [5, 5.41) is 0. The third-order valence-electron chi connectivity index (χ3n) is 1.18. The van der Waals surface area contributed by atoms with E-state index in [0.29, 0.717) is 0 Å². The monoisotopic (exact) mass is 126 g/mol. The van der Waals surface area contributed by atoms with Crippen LogP contribution < -0.4 is 5.73 Å². The van der Waals surface area contributed by atoms with Gasteiger partial charge in [0, 0.05) is 13.3 Å². The zero-order valence-electron chi connectivity index (χ0n) is 5.29. The third-order valence-corrected chi connectivity index (χ3v) is 1.18. The van der Waals surface area contributed by atoms with Crippen LogP contribution in [-0.4, -0.2) is 12.1 Å². The smallest absolute Gasteiger partial charge is 0.146 e. The van der Waals surface area contributed by atoms with Crippen molar-refractivity contribution in [1.82, 2.24) is 4.98 Å². The average Bonchev–Trinajstić information content (AvgIpc) is 2.37. The Morgan fingerprint density at radius 2 is 2.56 bits per heavy atom. The number of aromatic nitrogens is 1. The molecule has 50 valence electrons. The van der Waals surface area contributed by atoms with Crippen LogP contribution >= 0.6 is 0 Å². The molecular weight excluding hydrogens is 116 g/mol. The van der Waals surface area contributed by atoms with E-state index in [-0.39, 0.29) is 6.23 Å². The molecule has 1 atom stereocenters. The third kappa shape index (κ3) is 1.31. The Hall–Kier alpha value is -0.800. The summed E-state index contributed by atoms with van der Waals surface area (Å²) in [5.74, 6) is 0. The maximum absolute atomic E-state index is 5.49. The summed E-state index contributed by atoms with van der Waals surface area (Å²) in [6.07, 6.45) is 1.49. The summed E-state index contributed by atoms with van der Waals surface area (Å²) in [6, 6.07) is 3.77. The van der Waals surface area contributed by atoms with Gasteiger partial charge in [-0.1, -0.05) is 0 Å². The molecule has 0 bridgehead atoms. The quantitative estimate of drug-likeness (QED) is 0.571. The van der Waals surface area contributed by atoms with E-state index in [1.54, 1.807) is 7.11 Å². The Bertz CT molecular complexity index is 160. The number of nitrogens with one attached hydrogen (secondary N) is 1. The van der Waals surface area contributed by atoms with Crippen LogP contribution in [0.2, 0.25) is 0 Å². The molecule has 9 heavy (non-hydrogen) atoms. The minimum Gasteiger partial charge on any atom is -0.362 e. The van der Waals surface area contributed by atoms with Crippen molar-refractivity contribution >= 4 is 0 Å². The van der Waals surface area contributed by atoms with Crippen molar-refractivity contribution in [3.63, 3.8) is 0 Å². The fourth-order valence-corrected chi connectivity index (χ4v) is 0.648. The second-order valence-corrected chi connectivity index (χ2v) is 1.78. The molecule has 0 saturated carbocycles. The van der Waals surface area contributed by atoms with Crippen molar-refractivity contribution < 1.29 is 4.74 Å². The highest BCUT2D eigenvalue weighted by Crippen LogP contribution is 2.05. The van der Waals surface area contributed by atoms with Gasteiger partial charge < -0.3 is 15.5 Å². The number of hydrogen-bond acceptors (Lipinski definition) is 2. The molecule has 3 heteroatoms. The normalized spacial score (nSPS) is 13.6. The Kier molecular flexibility index (Phi) is 1.87. The van der Waals surface area contributed by atoms with Crippen LogP contribution in [-0.2, 0) is 4.74 Å². The fourth-order valence-electron chi connectivity index (χ4n) is 0.648. The first-order valence-corrected chi connectivity index (χ1v) is 2.76. The van der Waals surface area contributed by atoms with Gasteiger partial charge in [0.2, 0.25) is 0 Å². The molecule has 1 heterocycles. The summed E-state index contributed by atoms with van der Waals surface area (Å²) < 4.78 is 4.84. The lowest BCUT2D eigenvalue weighted by atomic mass is 10.4. The highest BCUT2D eigenvalue weighted by Gasteiger charge is 2.01. The van der Waals surface area contributed by atoms with E-state index < -0.39 is 0 Å². The predicted molar refractivity (Wildman–Crippen MR) is 34.7 cm³/mol. The molecule has 1 aromatic heterocycles. The van der Waals surface area contributed by atoms with Crippen molar-refractivity contribution in [3.05, 3.63) is 24.0 Å². The minimum atomic E-state index is -0.319. The van der Waals surface area contributed by atoms with Crippen LogP contribution in [0.15, 0.2) is 18.3 Å². The molecule has 3 nitrogen and oxygen atoms in total. The lowest BCUT2D eigenvalue weighted by molar-refractivity contribution is 0.106. The number of methoxy groups -OCH3 is 1. The van der Waals surface area contributed by atoms with E-state index in [4.69, 9.17) is 10.5 Å². The van der Waals surface area contributed by atoms with E-state index in [0.717, 1.165) is 5.69 Å². The molecule has 1 rings (SSSR count). The maximum atomic E-state index is 5.49. The second kappa shape index (κ2) is 2.66.